The van der Waals surface area contributed by atoms with Crippen LogP contribution in [-0.2, 0) is 16.0 Å². The van der Waals surface area contributed by atoms with Crippen molar-refractivity contribution in [2.75, 3.05) is 19.0 Å². The second-order valence-electron chi connectivity index (χ2n) is 8.11. The van der Waals surface area contributed by atoms with Gasteiger partial charge in [0.05, 0.1) is 13.2 Å². The minimum Gasteiger partial charge on any atom is -0.497 e. The fraction of sp³-hybridized carbons (Fsp3) is 0.348. The Bertz CT molecular complexity index is 1040. The minimum atomic E-state index is -0.631. The summed E-state index contributed by atoms with van der Waals surface area (Å²) in [5, 5.41) is 9.01. The number of nitrogens with one attached hydrogen (secondary N) is 3. The summed E-state index contributed by atoms with van der Waals surface area (Å²) in [6.07, 6.45) is 0.763. The van der Waals surface area contributed by atoms with Gasteiger partial charge in [-0.05, 0) is 48.7 Å². The molecule has 2 aromatic rings. The summed E-state index contributed by atoms with van der Waals surface area (Å²) in [5.41, 5.74) is 2.41. The minimum absolute atomic E-state index is 0.138. The molecule has 2 aliphatic heterocycles. The van der Waals surface area contributed by atoms with Gasteiger partial charge in [-0.2, -0.15) is 0 Å². The second-order valence-corrected chi connectivity index (χ2v) is 8.55. The summed E-state index contributed by atoms with van der Waals surface area (Å²) in [5.74, 6) is 0.395. The van der Waals surface area contributed by atoms with Crippen molar-refractivity contribution >= 4 is 35.1 Å². The number of hydrogen-bond acceptors (Lipinski definition) is 4. The van der Waals surface area contributed by atoms with Gasteiger partial charge >= 0.3 is 6.03 Å². The number of amides is 4. The summed E-state index contributed by atoms with van der Waals surface area (Å²) < 4.78 is 5.16. The predicted molar refractivity (Wildman–Crippen MR) is 121 cm³/mol. The van der Waals surface area contributed by atoms with Crippen LogP contribution >= 0.6 is 11.6 Å². The highest BCUT2D eigenvalue weighted by Crippen LogP contribution is 2.25. The van der Waals surface area contributed by atoms with E-state index >= 15 is 0 Å². The van der Waals surface area contributed by atoms with E-state index in [4.69, 9.17) is 16.3 Å². The fourth-order valence-electron chi connectivity index (χ4n) is 4.17. The van der Waals surface area contributed by atoms with Gasteiger partial charge in [0.25, 0.3) is 0 Å². The number of methoxy groups -OCH3 is 1. The Labute approximate surface area is 191 Å². The lowest BCUT2D eigenvalue weighted by Crippen LogP contribution is -2.61. The van der Waals surface area contributed by atoms with Gasteiger partial charge < -0.3 is 25.6 Å². The number of ether oxygens (including phenoxy) is 1. The van der Waals surface area contributed by atoms with Crippen LogP contribution in [-0.4, -0.2) is 54.5 Å². The molecule has 0 aromatic heterocycles. The monoisotopic (exact) mass is 456 g/mol. The molecule has 2 heterocycles. The van der Waals surface area contributed by atoms with Crippen molar-refractivity contribution in [1.82, 2.24) is 15.5 Å². The molecule has 0 aliphatic carbocycles. The number of benzene rings is 2. The van der Waals surface area contributed by atoms with E-state index in [-0.39, 0.29) is 24.4 Å². The number of anilines is 1. The number of hydrogen-bond donors (Lipinski definition) is 3. The third-order valence-corrected chi connectivity index (χ3v) is 6.12. The number of carbonyl (C=O) groups excluding carboxylic acids is 3. The molecule has 4 amide bonds. The summed E-state index contributed by atoms with van der Waals surface area (Å²) >= 11 is 6.01. The van der Waals surface area contributed by atoms with Crippen LogP contribution in [0, 0.1) is 6.92 Å². The predicted octanol–water partition coefficient (Wildman–Crippen LogP) is 2.49. The van der Waals surface area contributed by atoms with Crippen LogP contribution in [0.5, 0.6) is 5.75 Å². The molecule has 0 radical (unpaired) electrons. The maximum atomic E-state index is 13.0. The van der Waals surface area contributed by atoms with Crippen molar-refractivity contribution in [1.29, 1.82) is 0 Å². The van der Waals surface area contributed by atoms with E-state index in [0.717, 1.165) is 16.9 Å². The molecule has 2 aliphatic rings. The molecule has 0 unspecified atom stereocenters. The van der Waals surface area contributed by atoms with Crippen LogP contribution in [0.15, 0.2) is 42.5 Å². The topological polar surface area (TPSA) is 99.8 Å². The fourth-order valence-corrected chi connectivity index (χ4v) is 4.34. The molecule has 3 atom stereocenters. The maximum absolute atomic E-state index is 13.0. The lowest BCUT2D eigenvalue weighted by Gasteiger charge is -2.34. The molecule has 8 nitrogen and oxygen atoms in total. The van der Waals surface area contributed by atoms with Crippen LogP contribution in [0.25, 0.3) is 0 Å². The molecule has 0 bridgehead atoms. The molecular weight excluding hydrogens is 432 g/mol. The number of carbonyl (C=O) groups is 3. The number of halogens is 1. The third kappa shape index (κ3) is 4.65. The molecule has 2 aromatic carbocycles. The Balaban J connectivity index is 1.37. The number of piperazine rings is 1. The van der Waals surface area contributed by atoms with E-state index in [0.29, 0.717) is 23.6 Å². The Morgan fingerprint density at radius 3 is 2.69 bits per heavy atom. The van der Waals surface area contributed by atoms with Crippen molar-refractivity contribution in [2.24, 2.45) is 0 Å². The van der Waals surface area contributed by atoms with Crippen LogP contribution in [0.4, 0.5) is 10.5 Å². The van der Waals surface area contributed by atoms with Crippen molar-refractivity contribution in [2.45, 2.75) is 37.9 Å². The number of fused-ring (bicyclic) bond motifs is 1. The quantitative estimate of drug-likeness (QED) is 0.643. The molecule has 3 N–H and O–H groups in total. The maximum Gasteiger partial charge on any atom is 0.319 e. The first-order valence-corrected chi connectivity index (χ1v) is 10.8. The van der Waals surface area contributed by atoms with E-state index < -0.39 is 18.1 Å². The van der Waals surface area contributed by atoms with E-state index in [1.165, 1.54) is 0 Å². The van der Waals surface area contributed by atoms with Crippen LogP contribution < -0.4 is 20.7 Å². The van der Waals surface area contributed by atoms with Crippen molar-refractivity contribution in [3.8, 4) is 5.75 Å². The molecular formula is C23H25ClN4O4. The van der Waals surface area contributed by atoms with Crippen molar-refractivity contribution in [3.63, 3.8) is 0 Å². The van der Waals surface area contributed by atoms with Gasteiger partial charge in [0, 0.05) is 23.7 Å². The zero-order valence-electron chi connectivity index (χ0n) is 17.9. The Morgan fingerprint density at radius 1 is 1.22 bits per heavy atom. The summed E-state index contributed by atoms with van der Waals surface area (Å²) in [4.78, 5) is 39.7. The van der Waals surface area contributed by atoms with Gasteiger partial charge in [-0.1, -0.05) is 29.8 Å². The largest absolute Gasteiger partial charge is 0.497 e. The van der Waals surface area contributed by atoms with Gasteiger partial charge in [0.2, 0.25) is 11.8 Å². The molecule has 32 heavy (non-hydrogen) atoms. The molecule has 9 heteroatoms. The van der Waals surface area contributed by atoms with Gasteiger partial charge in [0.1, 0.15) is 17.8 Å². The summed E-state index contributed by atoms with van der Waals surface area (Å²) in [6, 6.07) is 10.7. The van der Waals surface area contributed by atoms with E-state index in [9.17, 15) is 14.4 Å². The first-order valence-electron chi connectivity index (χ1n) is 10.4. The van der Waals surface area contributed by atoms with Gasteiger partial charge in [-0.15, -0.1) is 0 Å². The number of nitrogens with zero attached hydrogens (tertiary/aromatic N) is 1. The Morgan fingerprint density at radius 2 is 1.97 bits per heavy atom. The first kappa shape index (κ1) is 22.0. The number of urea groups is 1. The van der Waals surface area contributed by atoms with Gasteiger partial charge in [-0.25, -0.2) is 4.79 Å². The Hall–Kier alpha value is -3.26. The highest BCUT2D eigenvalue weighted by molar-refractivity contribution is 6.31. The van der Waals surface area contributed by atoms with E-state index in [2.05, 4.69) is 16.0 Å². The number of rotatable bonds is 5. The average Bonchev–Trinajstić information content (AvgIpc) is 3.19. The molecule has 0 spiro atoms. The highest BCUT2D eigenvalue weighted by atomic mass is 35.5. The molecule has 2 fully saturated rings. The van der Waals surface area contributed by atoms with E-state index in [1.807, 2.05) is 37.3 Å². The standard InChI is InChI=1S/C23H25ClN4O4/c1-13-3-6-15(24)10-18(13)27-23(31)25-16-11-20-21(29)26-19(22(30)28(20)12-16)9-14-4-7-17(32-2)8-5-14/h3-8,10,16,19-20H,9,11-12H2,1-2H3,(H,26,29)(H2,25,27,31)/t16-,19-,20-/m0/s1. The molecule has 168 valence electrons. The normalized spacial score (nSPS) is 22.2. The van der Waals surface area contributed by atoms with Gasteiger partial charge in [-0.3, -0.25) is 9.59 Å². The lowest BCUT2D eigenvalue weighted by atomic mass is 10.0. The first-order chi connectivity index (χ1) is 15.3. The van der Waals surface area contributed by atoms with Crippen LogP contribution in [0.3, 0.4) is 0 Å². The summed E-state index contributed by atoms with van der Waals surface area (Å²) in [7, 11) is 1.59. The molecule has 0 saturated carbocycles. The van der Waals surface area contributed by atoms with E-state index in [1.54, 1.807) is 24.1 Å². The molecule has 4 rings (SSSR count). The summed E-state index contributed by atoms with van der Waals surface area (Å²) in [6.45, 7) is 2.16. The van der Waals surface area contributed by atoms with Gasteiger partial charge in [0.15, 0.2) is 0 Å². The third-order valence-electron chi connectivity index (χ3n) is 5.88. The zero-order valence-corrected chi connectivity index (χ0v) is 18.6. The lowest BCUT2D eigenvalue weighted by molar-refractivity contribution is -0.147. The van der Waals surface area contributed by atoms with Crippen LogP contribution in [0.1, 0.15) is 17.5 Å². The SMILES string of the molecule is COc1ccc(C[C@@H]2NC(=O)[C@@H]3C[C@H](NC(=O)Nc4cc(Cl)ccc4C)CN3C2=O)cc1. The molecule has 2 saturated heterocycles. The smallest absolute Gasteiger partial charge is 0.319 e. The average molecular weight is 457 g/mol. The number of aryl methyl sites for hydroxylation is 1. The Kier molecular flexibility index (Phi) is 6.23. The second kappa shape index (κ2) is 9.08. The highest BCUT2D eigenvalue weighted by Gasteiger charge is 2.46. The van der Waals surface area contributed by atoms with Crippen LogP contribution in [0.2, 0.25) is 5.02 Å². The van der Waals surface area contributed by atoms with Crippen molar-refractivity contribution < 1.29 is 19.1 Å². The van der Waals surface area contributed by atoms with Crippen molar-refractivity contribution in [3.05, 3.63) is 58.6 Å². The zero-order chi connectivity index (χ0) is 22.8.